The lowest BCUT2D eigenvalue weighted by atomic mass is 9.96. The molecule has 0 bridgehead atoms. The second-order valence-electron chi connectivity index (χ2n) is 7.88. The van der Waals surface area contributed by atoms with Crippen molar-refractivity contribution < 1.29 is 4.74 Å². The maximum atomic E-state index is 13.0. The number of aromatic nitrogens is 3. The van der Waals surface area contributed by atoms with Crippen LogP contribution in [0.4, 0.5) is 0 Å². The number of nitrogens with one attached hydrogen (secondary N) is 2. The van der Waals surface area contributed by atoms with Gasteiger partial charge < -0.3 is 14.7 Å². The van der Waals surface area contributed by atoms with Crippen molar-refractivity contribution >= 4 is 44.2 Å². The molecule has 0 aliphatic carbocycles. The molecule has 6 aromatic rings. The molecule has 2 aromatic heterocycles. The number of halogens is 1. The van der Waals surface area contributed by atoms with Crippen molar-refractivity contribution in [2.75, 3.05) is 7.11 Å². The highest BCUT2D eigenvalue weighted by Gasteiger charge is 2.17. The first kappa shape index (κ1) is 19.6. The molecule has 0 saturated carbocycles. The molecule has 0 saturated heterocycles. The predicted molar refractivity (Wildman–Crippen MR) is 134 cm³/mol. The minimum Gasteiger partial charge on any atom is -0.497 e. The molecule has 160 valence electrons. The summed E-state index contributed by atoms with van der Waals surface area (Å²) in [7, 11) is 1.65. The summed E-state index contributed by atoms with van der Waals surface area (Å²) in [5.74, 6) is 1.45. The Morgan fingerprint density at radius 1 is 0.879 bits per heavy atom. The topological polar surface area (TPSA) is 70.8 Å². The van der Waals surface area contributed by atoms with Gasteiger partial charge in [-0.2, -0.15) is 0 Å². The van der Waals surface area contributed by atoms with Crippen LogP contribution in [0.15, 0.2) is 83.8 Å². The van der Waals surface area contributed by atoms with Crippen LogP contribution in [0.1, 0.15) is 0 Å². The number of hydrogen-bond donors (Lipinski definition) is 2. The summed E-state index contributed by atoms with van der Waals surface area (Å²) in [6, 6.07) is 23.5. The Labute approximate surface area is 193 Å². The normalized spacial score (nSPS) is 11.5. The van der Waals surface area contributed by atoms with Crippen molar-refractivity contribution in [1.82, 2.24) is 15.0 Å². The first-order chi connectivity index (χ1) is 16.1. The molecule has 0 spiro atoms. The monoisotopic (exact) mass is 451 g/mol. The highest BCUT2D eigenvalue weighted by atomic mass is 35.5. The number of imidazole rings is 1. The van der Waals surface area contributed by atoms with Crippen molar-refractivity contribution in [2.45, 2.75) is 0 Å². The molecule has 4 aromatic carbocycles. The molecule has 33 heavy (non-hydrogen) atoms. The Kier molecular flexibility index (Phi) is 4.45. The molecule has 0 aliphatic heterocycles. The summed E-state index contributed by atoms with van der Waals surface area (Å²) in [5, 5.41) is 3.80. The molecule has 0 unspecified atom stereocenters. The van der Waals surface area contributed by atoms with Crippen molar-refractivity contribution in [3.05, 3.63) is 94.4 Å². The van der Waals surface area contributed by atoms with E-state index in [9.17, 15) is 4.79 Å². The Balaban J connectivity index is 1.71. The number of hydrogen-bond acceptors (Lipinski definition) is 3. The molecule has 0 fully saturated rings. The van der Waals surface area contributed by atoms with Crippen LogP contribution in [-0.4, -0.2) is 22.1 Å². The van der Waals surface area contributed by atoms with Gasteiger partial charge in [0.1, 0.15) is 11.6 Å². The maximum absolute atomic E-state index is 13.0. The number of H-pyrrole nitrogens is 2. The number of aromatic amines is 2. The molecule has 6 rings (SSSR count). The quantitative estimate of drug-likeness (QED) is 0.299. The van der Waals surface area contributed by atoms with E-state index in [0.29, 0.717) is 16.2 Å². The summed E-state index contributed by atoms with van der Waals surface area (Å²) < 4.78 is 5.39. The second kappa shape index (κ2) is 7.50. The van der Waals surface area contributed by atoms with E-state index in [4.69, 9.17) is 21.3 Å². The van der Waals surface area contributed by atoms with Crippen LogP contribution in [0.3, 0.4) is 0 Å². The van der Waals surface area contributed by atoms with Gasteiger partial charge in [-0.25, -0.2) is 4.98 Å². The summed E-state index contributed by atoms with van der Waals surface area (Å²) in [5.41, 5.74) is 4.29. The molecule has 6 heteroatoms. The number of ether oxygens (including phenoxy) is 1. The zero-order chi connectivity index (χ0) is 22.5. The number of nitrogens with zero attached hydrogens (tertiary/aromatic N) is 1. The second-order valence-corrected chi connectivity index (χ2v) is 8.28. The predicted octanol–water partition coefficient (Wildman–Crippen LogP) is 6.55. The number of methoxy groups -OCH3 is 1. The van der Waals surface area contributed by atoms with Gasteiger partial charge in [0.25, 0.3) is 5.56 Å². The van der Waals surface area contributed by atoms with Crippen LogP contribution in [0.5, 0.6) is 5.75 Å². The minimum atomic E-state index is -0.143. The van der Waals surface area contributed by atoms with E-state index >= 15 is 0 Å². The first-order valence-corrected chi connectivity index (χ1v) is 10.9. The van der Waals surface area contributed by atoms with E-state index in [1.54, 1.807) is 13.3 Å². The summed E-state index contributed by atoms with van der Waals surface area (Å²) in [6.45, 7) is 0. The van der Waals surface area contributed by atoms with Gasteiger partial charge in [-0.05, 0) is 52.9 Å². The summed E-state index contributed by atoms with van der Waals surface area (Å²) in [4.78, 5) is 24.1. The van der Waals surface area contributed by atoms with E-state index in [2.05, 4.69) is 9.97 Å². The summed E-state index contributed by atoms with van der Waals surface area (Å²) in [6.07, 6.45) is 1.66. The van der Waals surface area contributed by atoms with E-state index in [1.165, 1.54) is 0 Å². The van der Waals surface area contributed by atoms with Gasteiger partial charge in [0.05, 0.1) is 28.6 Å². The van der Waals surface area contributed by atoms with Crippen molar-refractivity contribution in [2.24, 2.45) is 0 Å². The largest absolute Gasteiger partial charge is 0.497 e. The van der Waals surface area contributed by atoms with E-state index in [0.717, 1.165) is 49.6 Å². The van der Waals surface area contributed by atoms with Gasteiger partial charge in [0.15, 0.2) is 0 Å². The molecule has 0 radical (unpaired) electrons. The number of fused-ring (bicyclic) bond motifs is 6. The average molecular weight is 452 g/mol. The number of rotatable bonds is 3. The van der Waals surface area contributed by atoms with Crippen LogP contribution in [0.25, 0.3) is 55.1 Å². The fraction of sp³-hybridized carbons (Fsp3) is 0.0370. The smallest absolute Gasteiger partial charge is 0.256 e. The van der Waals surface area contributed by atoms with Crippen molar-refractivity contribution in [1.29, 1.82) is 0 Å². The van der Waals surface area contributed by atoms with Gasteiger partial charge >= 0.3 is 0 Å². The van der Waals surface area contributed by atoms with E-state index in [-0.39, 0.29) is 5.56 Å². The standard InChI is InChI=1S/C27H18ClN3O2/c1-33-17-6-4-5-15(13-17)16-9-10-18-21(14-16)23-20(11-12-29-27(23)32)25-24(18)30-26(31-25)19-7-2-3-8-22(19)28/h2-14H,1H3,(H,29,32)(H,30,31). The lowest BCUT2D eigenvalue weighted by Crippen LogP contribution is -2.05. The molecule has 2 heterocycles. The fourth-order valence-corrected chi connectivity index (χ4v) is 4.66. The molecule has 0 amide bonds. The Morgan fingerprint density at radius 2 is 1.73 bits per heavy atom. The minimum absolute atomic E-state index is 0.143. The van der Waals surface area contributed by atoms with Gasteiger partial charge in [0.2, 0.25) is 0 Å². The van der Waals surface area contributed by atoms with Gasteiger partial charge in [-0.1, -0.05) is 48.0 Å². The average Bonchev–Trinajstić information content (AvgIpc) is 3.30. The molecule has 2 N–H and O–H groups in total. The molecule has 5 nitrogen and oxygen atoms in total. The Hall–Kier alpha value is -4.09. The third-order valence-corrected chi connectivity index (χ3v) is 6.34. The van der Waals surface area contributed by atoms with Gasteiger partial charge in [-0.3, -0.25) is 4.79 Å². The SMILES string of the molecule is COc1cccc(-c2ccc3c(c2)c2c(=O)[nH]ccc2c2[nH]c(-c4ccccc4Cl)nc32)c1. The van der Waals surface area contributed by atoms with Crippen LogP contribution in [-0.2, 0) is 0 Å². The third-order valence-electron chi connectivity index (χ3n) is 6.01. The third kappa shape index (κ3) is 3.09. The highest BCUT2D eigenvalue weighted by molar-refractivity contribution is 6.33. The fourth-order valence-electron chi connectivity index (χ4n) is 4.44. The highest BCUT2D eigenvalue weighted by Crippen LogP contribution is 2.37. The molecular weight excluding hydrogens is 434 g/mol. The number of pyridine rings is 1. The molecule has 0 atom stereocenters. The lowest BCUT2D eigenvalue weighted by molar-refractivity contribution is 0.415. The molecule has 0 aliphatic rings. The maximum Gasteiger partial charge on any atom is 0.256 e. The van der Waals surface area contributed by atoms with E-state index < -0.39 is 0 Å². The van der Waals surface area contributed by atoms with Crippen molar-refractivity contribution in [3.8, 4) is 28.3 Å². The number of benzene rings is 4. The molecular formula is C27H18ClN3O2. The van der Waals surface area contributed by atoms with Crippen LogP contribution < -0.4 is 10.3 Å². The van der Waals surface area contributed by atoms with Crippen LogP contribution in [0, 0.1) is 0 Å². The zero-order valence-corrected chi connectivity index (χ0v) is 18.4. The van der Waals surface area contributed by atoms with Crippen molar-refractivity contribution in [3.63, 3.8) is 0 Å². The summed E-state index contributed by atoms with van der Waals surface area (Å²) >= 11 is 6.44. The van der Waals surface area contributed by atoms with E-state index in [1.807, 2.05) is 72.8 Å². The van der Waals surface area contributed by atoms with Gasteiger partial charge in [0, 0.05) is 22.5 Å². The zero-order valence-electron chi connectivity index (χ0n) is 17.6. The van der Waals surface area contributed by atoms with Crippen LogP contribution >= 0.6 is 11.6 Å². The Morgan fingerprint density at radius 3 is 2.58 bits per heavy atom. The van der Waals surface area contributed by atoms with Gasteiger partial charge in [-0.15, -0.1) is 0 Å². The van der Waals surface area contributed by atoms with Crippen LogP contribution in [0.2, 0.25) is 5.02 Å². The first-order valence-electron chi connectivity index (χ1n) is 10.5. The Bertz CT molecular complexity index is 1750. The lowest BCUT2D eigenvalue weighted by Gasteiger charge is -2.09.